The zero-order valence-electron chi connectivity index (χ0n) is 18.7. The van der Waals surface area contributed by atoms with Gasteiger partial charge in [0.05, 0.1) is 6.04 Å². The number of halogens is 2. The molecule has 0 radical (unpaired) electrons. The number of carbonyl (C=O) groups is 1. The standard InChI is InChI=1S/C29H25F2NO2/c30-28(31)26-12-6-1-7-21(26)18-15-19-13-14-20(16-18)32(19)29(33)34-17-27-24-10-4-2-8-22(24)23-9-3-5-11-25(23)27/h1-12,15,19-20,27-28H,13-14,16-17H2. The second-order valence-electron chi connectivity index (χ2n) is 9.29. The molecule has 6 rings (SSSR count). The van der Waals surface area contributed by atoms with Gasteiger partial charge in [-0.2, -0.15) is 0 Å². The fourth-order valence-electron chi connectivity index (χ4n) is 5.96. The Labute approximate surface area is 197 Å². The van der Waals surface area contributed by atoms with Crippen LogP contribution in [0.4, 0.5) is 13.6 Å². The molecule has 172 valence electrons. The van der Waals surface area contributed by atoms with Crippen molar-refractivity contribution in [3.05, 3.63) is 101 Å². The molecule has 1 saturated heterocycles. The zero-order chi connectivity index (χ0) is 23.2. The summed E-state index contributed by atoms with van der Waals surface area (Å²) in [6, 6.07) is 23.1. The van der Waals surface area contributed by atoms with Gasteiger partial charge in [-0.25, -0.2) is 13.6 Å². The zero-order valence-corrected chi connectivity index (χ0v) is 18.7. The minimum absolute atomic E-state index is 0.0165. The molecule has 3 aromatic rings. The highest BCUT2D eigenvalue weighted by atomic mass is 19.3. The second kappa shape index (κ2) is 8.39. The van der Waals surface area contributed by atoms with Gasteiger partial charge in [-0.1, -0.05) is 78.9 Å². The van der Waals surface area contributed by atoms with Crippen LogP contribution in [-0.4, -0.2) is 29.7 Å². The van der Waals surface area contributed by atoms with E-state index in [2.05, 4.69) is 24.3 Å². The highest BCUT2D eigenvalue weighted by molar-refractivity contribution is 5.79. The molecule has 3 aromatic carbocycles. The van der Waals surface area contributed by atoms with Gasteiger partial charge in [0.1, 0.15) is 6.61 Å². The topological polar surface area (TPSA) is 29.5 Å². The van der Waals surface area contributed by atoms with Crippen molar-refractivity contribution >= 4 is 11.7 Å². The van der Waals surface area contributed by atoms with Crippen molar-refractivity contribution in [3.63, 3.8) is 0 Å². The Hall–Kier alpha value is -3.47. The van der Waals surface area contributed by atoms with E-state index < -0.39 is 6.43 Å². The number of rotatable bonds is 4. The van der Waals surface area contributed by atoms with E-state index in [1.165, 1.54) is 28.3 Å². The molecule has 2 bridgehead atoms. The number of hydrogen-bond acceptors (Lipinski definition) is 2. The van der Waals surface area contributed by atoms with Crippen LogP contribution in [0.25, 0.3) is 16.7 Å². The molecule has 0 spiro atoms. The lowest BCUT2D eigenvalue weighted by atomic mass is 9.92. The van der Waals surface area contributed by atoms with Crippen molar-refractivity contribution in [3.8, 4) is 11.1 Å². The number of hydrogen-bond donors (Lipinski definition) is 0. The van der Waals surface area contributed by atoms with E-state index in [9.17, 15) is 13.6 Å². The van der Waals surface area contributed by atoms with Crippen LogP contribution in [0, 0.1) is 0 Å². The first kappa shape index (κ1) is 21.1. The molecule has 2 atom stereocenters. The Balaban J connectivity index is 1.21. The van der Waals surface area contributed by atoms with E-state index in [1.807, 2.05) is 35.2 Å². The summed E-state index contributed by atoms with van der Waals surface area (Å²) in [5, 5.41) is 0. The molecule has 0 saturated carbocycles. The molecule has 3 nitrogen and oxygen atoms in total. The van der Waals surface area contributed by atoms with Crippen LogP contribution in [0.5, 0.6) is 0 Å². The van der Waals surface area contributed by atoms with Crippen LogP contribution < -0.4 is 0 Å². The maximum Gasteiger partial charge on any atom is 0.410 e. The van der Waals surface area contributed by atoms with Crippen LogP contribution in [-0.2, 0) is 4.74 Å². The highest BCUT2D eigenvalue weighted by Gasteiger charge is 2.41. The Bertz CT molecular complexity index is 1240. The molecule has 2 aliphatic heterocycles. The van der Waals surface area contributed by atoms with E-state index in [0.29, 0.717) is 12.0 Å². The molecule has 1 amide bonds. The van der Waals surface area contributed by atoms with Crippen molar-refractivity contribution in [1.29, 1.82) is 0 Å². The fourth-order valence-corrected chi connectivity index (χ4v) is 5.96. The van der Waals surface area contributed by atoms with Gasteiger partial charge in [0, 0.05) is 17.5 Å². The molecule has 5 heteroatoms. The van der Waals surface area contributed by atoms with Crippen molar-refractivity contribution in [2.45, 2.75) is 43.7 Å². The number of ether oxygens (including phenoxy) is 1. The van der Waals surface area contributed by atoms with Crippen LogP contribution >= 0.6 is 0 Å². The lowest BCUT2D eigenvalue weighted by molar-refractivity contribution is 0.0866. The minimum atomic E-state index is -2.52. The third kappa shape index (κ3) is 3.42. The third-order valence-corrected chi connectivity index (χ3v) is 7.48. The predicted molar refractivity (Wildman–Crippen MR) is 128 cm³/mol. The SMILES string of the molecule is O=C(OCC1c2ccccc2-c2ccccc21)N1C2C=C(c3ccccc3C(F)F)CC1CC2. The van der Waals surface area contributed by atoms with Crippen LogP contribution in [0.2, 0.25) is 0 Å². The number of alkyl halides is 2. The summed E-state index contributed by atoms with van der Waals surface area (Å²) in [7, 11) is 0. The molecule has 0 aromatic heterocycles. The molecule has 2 heterocycles. The molecule has 34 heavy (non-hydrogen) atoms. The van der Waals surface area contributed by atoms with Gasteiger partial charge in [-0.15, -0.1) is 0 Å². The van der Waals surface area contributed by atoms with E-state index >= 15 is 0 Å². The number of carbonyl (C=O) groups excluding carboxylic acids is 1. The number of amides is 1. The molecular weight excluding hydrogens is 432 g/mol. The van der Waals surface area contributed by atoms with Gasteiger partial charge in [-0.05, 0) is 52.7 Å². The molecule has 3 aliphatic rings. The molecule has 2 unspecified atom stereocenters. The third-order valence-electron chi connectivity index (χ3n) is 7.48. The number of fused-ring (bicyclic) bond motifs is 5. The summed E-state index contributed by atoms with van der Waals surface area (Å²) in [6.45, 7) is 0.285. The van der Waals surface area contributed by atoms with Gasteiger partial charge < -0.3 is 4.74 Å². The highest BCUT2D eigenvalue weighted by Crippen LogP contribution is 2.45. The predicted octanol–water partition coefficient (Wildman–Crippen LogP) is 7.19. The van der Waals surface area contributed by atoms with Gasteiger partial charge in [0.25, 0.3) is 6.43 Å². The first-order chi connectivity index (χ1) is 16.6. The Morgan fingerprint density at radius 2 is 1.50 bits per heavy atom. The maximum atomic E-state index is 13.5. The van der Waals surface area contributed by atoms with Crippen LogP contribution in [0.15, 0.2) is 78.9 Å². The largest absolute Gasteiger partial charge is 0.448 e. The average Bonchev–Trinajstić information content (AvgIpc) is 3.33. The first-order valence-electron chi connectivity index (χ1n) is 11.8. The van der Waals surface area contributed by atoms with E-state index in [0.717, 1.165) is 18.4 Å². The molecule has 1 fully saturated rings. The van der Waals surface area contributed by atoms with E-state index in [4.69, 9.17) is 4.74 Å². The average molecular weight is 458 g/mol. The van der Waals surface area contributed by atoms with Gasteiger partial charge in [0.15, 0.2) is 0 Å². The van der Waals surface area contributed by atoms with Crippen molar-refractivity contribution < 1.29 is 18.3 Å². The number of benzene rings is 3. The lowest BCUT2D eigenvalue weighted by Gasteiger charge is -2.34. The molecular formula is C29H25F2NO2. The quantitative estimate of drug-likeness (QED) is 0.415. The van der Waals surface area contributed by atoms with Gasteiger partial charge >= 0.3 is 6.09 Å². The number of nitrogens with zero attached hydrogens (tertiary/aromatic N) is 1. The maximum absolute atomic E-state index is 13.5. The first-order valence-corrected chi connectivity index (χ1v) is 11.8. The Morgan fingerprint density at radius 3 is 2.15 bits per heavy atom. The Morgan fingerprint density at radius 1 is 0.882 bits per heavy atom. The minimum Gasteiger partial charge on any atom is -0.448 e. The van der Waals surface area contributed by atoms with Gasteiger partial charge in [-0.3, -0.25) is 4.90 Å². The summed E-state index contributed by atoms with van der Waals surface area (Å²) >= 11 is 0. The monoisotopic (exact) mass is 457 g/mol. The summed E-state index contributed by atoms with van der Waals surface area (Å²) in [5.41, 5.74) is 6.33. The lowest BCUT2D eigenvalue weighted by Crippen LogP contribution is -2.43. The summed E-state index contributed by atoms with van der Waals surface area (Å²) in [4.78, 5) is 15.0. The molecule has 0 N–H and O–H groups in total. The smallest absolute Gasteiger partial charge is 0.410 e. The van der Waals surface area contributed by atoms with E-state index in [1.54, 1.807) is 18.2 Å². The summed E-state index contributed by atoms with van der Waals surface area (Å²) in [6.07, 6.45) is 1.42. The van der Waals surface area contributed by atoms with Crippen molar-refractivity contribution in [1.82, 2.24) is 4.90 Å². The van der Waals surface area contributed by atoms with E-state index in [-0.39, 0.29) is 36.3 Å². The van der Waals surface area contributed by atoms with Crippen LogP contribution in [0.1, 0.15) is 53.9 Å². The summed E-state index contributed by atoms with van der Waals surface area (Å²) < 4.78 is 33.0. The van der Waals surface area contributed by atoms with Crippen molar-refractivity contribution in [2.24, 2.45) is 0 Å². The van der Waals surface area contributed by atoms with Crippen molar-refractivity contribution in [2.75, 3.05) is 6.61 Å². The Kier molecular flexibility index (Phi) is 5.20. The fraction of sp³-hybridized carbons (Fsp3) is 0.276. The second-order valence-corrected chi connectivity index (χ2v) is 9.29. The summed E-state index contributed by atoms with van der Waals surface area (Å²) in [5.74, 6) is 0.0165. The van der Waals surface area contributed by atoms with Crippen LogP contribution in [0.3, 0.4) is 0 Å². The molecule has 1 aliphatic carbocycles. The normalized spacial score (nSPS) is 20.8. The van der Waals surface area contributed by atoms with Gasteiger partial charge in [0.2, 0.25) is 0 Å².